The lowest BCUT2D eigenvalue weighted by Crippen LogP contribution is -2.50. The molecule has 0 aromatic heterocycles. The molecule has 1 spiro atoms. The first-order chi connectivity index (χ1) is 11.4. The number of nitrogens with zero attached hydrogens (tertiary/aromatic N) is 3. The minimum atomic E-state index is -4.02. The summed E-state index contributed by atoms with van der Waals surface area (Å²) in [4.78, 5) is 7.19. The Labute approximate surface area is 144 Å². The van der Waals surface area contributed by atoms with E-state index in [1.54, 1.807) is 0 Å². The van der Waals surface area contributed by atoms with Gasteiger partial charge in [0.25, 0.3) is 0 Å². The summed E-state index contributed by atoms with van der Waals surface area (Å²) in [5.41, 5.74) is 0.286. The van der Waals surface area contributed by atoms with Crippen LogP contribution >= 0.6 is 0 Å². The van der Waals surface area contributed by atoms with Crippen molar-refractivity contribution in [1.29, 1.82) is 0 Å². The van der Waals surface area contributed by atoms with Crippen LogP contribution in [-0.4, -0.2) is 79.8 Å². The molecule has 3 saturated heterocycles. The van der Waals surface area contributed by atoms with Crippen LogP contribution in [0.25, 0.3) is 0 Å². The minimum absolute atomic E-state index is 0.184. The van der Waals surface area contributed by atoms with E-state index >= 15 is 0 Å². The Hall–Kier alpha value is -0.330. The molecule has 3 aliphatic heterocycles. The van der Waals surface area contributed by atoms with Crippen LogP contribution in [0.4, 0.5) is 13.2 Å². The summed E-state index contributed by atoms with van der Waals surface area (Å²) >= 11 is 0. The summed E-state index contributed by atoms with van der Waals surface area (Å²) in [6.07, 6.45) is 2.59. The number of piperidine rings is 2. The topological polar surface area (TPSA) is 9.72 Å². The number of rotatable bonds is 5. The largest absolute Gasteiger partial charge is 0.390 e. The third-order valence-corrected chi connectivity index (χ3v) is 6.30. The maximum Gasteiger partial charge on any atom is 0.390 e. The Morgan fingerprint density at radius 1 is 0.667 bits per heavy atom. The lowest BCUT2D eigenvalue weighted by Gasteiger charge is -2.48. The van der Waals surface area contributed by atoms with E-state index in [9.17, 15) is 13.2 Å². The first-order valence-corrected chi connectivity index (χ1v) is 9.68. The van der Waals surface area contributed by atoms with Crippen LogP contribution in [0.15, 0.2) is 0 Å². The number of hydrogen-bond acceptors (Lipinski definition) is 3. The maximum atomic E-state index is 12.5. The Morgan fingerprint density at radius 3 is 1.88 bits per heavy atom. The number of alkyl halides is 3. The molecule has 0 saturated carbocycles. The zero-order valence-electron chi connectivity index (χ0n) is 14.8. The van der Waals surface area contributed by atoms with Crippen LogP contribution in [-0.2, 0) is 0 Å². The second-order valence-corrected chi connectivity index (χ2v) is 8.14. The van der Waals surface area contributed by atoms with Crippen molar-refractivity contribution in [3.8, 4) is 0 Å². The highest BCUT2D eigenvalue weighted by Crippen LogP contribution is 2.40. The van der Waals surface area contributed by atoms with Crippen molar-refractivity contribution in [3.05, 3.63) is 0 Å². The Bertz CT molecular complexity index is 385. The molecule has 0 amide bonds. The van der Waals surface area contributed by atoms with E-state index in [-0.39, 0.29) is 12.0 Å². The van der Waals surface area contributed by atoms with Gasteiger partial charge in [0.05, 0.1) is 6.42 Å². The van der Waals surface area contributed by atoms with Crippen molar-refractivity contribution in [1.82, 2.24) is 14.7 Å². The highest BCUT2D eigenvalue weighted by Gasteiger charge is 2.39. The fourth-order valence-electron chi connectivity index (χ4n) is 4.73. The van der Waals surface area contributed by atoms with E-state index in [4.69, 9.17) is 0 Å². The molecule has 0 bridgehead atoms. The Kier molecular flexibility index (Phi) is 6.09. The third-order valence-electron chi connectivity index (χ3n) is 6.30. The average molecular weight is 347 g/mol. The monoisotopic (exact) mass is 347 g/mol. The number of hydrogen-bond donors (Lipinski definition) is 0. The molecule has 3 nitrogen and oxygen atoms in total. The molecule has 0 unspecified atom stereocenters. The first kappa shape index (κ1) is 18.5. The van der Waals surface area contributed by atoms with Gasteiger partial charge >= 0.3 is 6.18 Å². The van der Waals surface area contributed by atoms with Gasteiger partial charge < -0.3 is 14.7 Å². The van der Waals surface area contributed by atoms with Gasteiger partial charge in [-0.25, -0.2) is 0 Å². The van der Waals surface area contributed by atoms with Gasteiger partial charge in [0.15, 0.2) is 0 Å². The van der Waals surface area contributed by atoms with E-state index in [1.807, 2.05) is 0 Å². The van der Waals surface area contributed by atoms with Crippen molar-refractivity contribution in [2.45, 2.75) is 51.1 Å². The zero-order valence-corrected chi connectivity index (χ0v) is 14.8. The van der Waals surface area contributed by atoms with Crippen molar-refractivity contribution >= 4 is 0 Å². The van der Waals surface area contributed by atoms with Gasteiger partial charge in [-0.3, -0.25) is 0 Å². The SMILES string of the molecule is FC(F)(F)CCN1CCCC2(CCN(CCN3CCCC3)CC2)C1. The quantitative estimate of drug-likeness (QED) is 0.756. The van der Waals surface area contributed by atoms with Crippen molar-refractivity contribution in [2.24, 2.45) is 5.41 Å². The molecule has 24 heavy (non-hydrogen) atoms. The molecule has 3 heterocycles. The smallest absolute Gasteiger partial charge is 0.302 e. The summed E-state index contributed by atoms with van der Waals surface area (Å²) in [5.74, 6) is 0. The highest BCUT2D eigenvalue weighted by atomic mass is 19.4. The van der Waals surface area contributed by atoms with Gasteiger partial charge in [-0.15, -0.1) is 0 Å². The van der Waals surface area contributed by atoms with Crippen LogP contribution in [0.2, 0.25) is 0 Å². The molecule has 0 aliphatic carbocycles. The van der Waals surface area contributed by atoms with Crippen LogP contribution in [0.3, 0.4) is 0 Å². The summed E-state index contributed by atoms with van der Waals surface area (Å²) in [7, 11) is 0. The van der Waals surface area contributed by atoms with Crippen LogP contribution in [0.1, 0.15) is 44.9 Å². The summed E-state index contributed by atoms with van der Waals surface area (Å²) in [6.45, 7) is 9.02. The molecule has 3 rings (SSSR count). The van der Waals surface area contributed by atoms with Crippen LogP contribution in [0, 0.1) is 5.41 Å². The third kappa shape index (κ3) is 5.33. The van der Waals surface area contributed by atoms with Crippen molar-refractivity contribution in [2.75, 3.05) is 58.9 Å². The molecule has 0 atom stereocenters. The normalized spacial score (nSPS) is 27.1. The summed E-state index contributed by atoms with van der Waals surface area (Å²) in [5, 5.41) is 0. The number of halogens is 3. The molecule has 0 radical (unpaired) electrons. The lowest BCUT2D eigenvalue weighted by molar-refractivity contribution is -0.140. The van der Waals surface area contributed by atoms with Crippen molar-refractivity contribution in [3.63, 3.8) is 0 Å². The number of likely N-dealkylation sites (tertiary alicyclic amines) is 3. The van der Waals surface area contributed by atoms with Crippen molar-refractivity contribution < 1.29 is 13.2 Å². The second kappa shape index (κ2) is 7.92. The molecule has 3 fully saturated rings. The molecular formula is C18H32F3N3. The van der Waals surface area contributed by atoms with Gasteiger partial charge in [-0.05, 0) is 76.7 Å². The van der Waals surface area contributed by atoms with Gasteiger partial charge in [0.2, 0.25) is 0 Å². The van der Waals surface area contributed by atoms with E-state index in [0.29, 0.717) is 0 Å². The molecule has 0 N–H and O–H groups in total. The highest BCUT2D eigenvalue weighted by molar-refractivity contribution is 4.92. The molecule has 140 valence electrons. The standard InChI is InChI=1S/C18H32F3N3/c19-18(20,21)7-13-24-10-3-4-17(16-24)5-11-23(12-6-17)15-14-22-8-1-2-9-22/h1-16H2. The first-order valence-electron chi connectivity index (χ1n) is 9.68. The lowest BCUT2D eigenvalue weighted by atomic mass is 9.72. The van der Waals surface area contributed by atoms with Gasteiger partial charge in [0.1, 0.15) is 0 Å². The Morgan fingerprint density at radius 2 is 1.25 bits per heavy atom. The minimum Gasteiger partial charge on any atom is -0.302 e. The van der Waals surface area contributed by atoms with E-state index in [1.165, 1.54) is 38.9 Å². The van der Waals surface area contributed by atoms with Gasteiger partial charge in [-0.1, -0.05) is 0 Å². The molecule has 0 aromatic rings. The fourth-order valence-corrected chi connectivity index (χ4v) is 4.73. The molecule has 0 aromatic carbocycles. The van der Waals surface area contributed by atoms with Crippen LogP contribution in [0.5, 0.6) is 0 Å². The van der Waals surface area contributed by atoms with E-state index < -0.39 is 12.6 Å². The van der Waals surface area contributed by atoms with Gasteiger partial charge in [-0.2, -0.15) is 13.2 Å². The fraction of sp³-hybridized carbons (Fsp3) is 1.00. The predicted molar refractivity (Wildman–Crippen MR) is 90.1 cm³/mol. The summed E-state index contributed by atoms with van der Waals surface area (Å²) < 4.78 is 37.4. The van der Waals surface area contributed by atoms with E-state index in [0.717, 1.165) is 52.0 Å². The molecule has 6 heteroatoms. The predicted octanol–water partition coefficient (Wildman–Crippen LogP) is 3.21. The van der Waals surface area contributed by atoms with Crippen LogP contribution < -0.4 is 0 Å². The molecule has 3 aliphatic rings. The molecular weight excluding hydrogens is 315 g/mol. The Balaban J connectivity index is 1.40. The average Bonchev–Trinajstić information content (AvgIpc) is 3.06. The maximum absolute atomic E-state index is 12.5. The van der Waals surface area contributed by atoms with E-state index in [2.05, 4.69) is 14.7 Å². The summed E-state index contributed by atoms with van der Waals surface area (Å²) in [6, 6.07) is 0. The zero-order chi connectivity index (χ0) is 17.0. The van der Waals surface area contributed by atoms with Gasteiger partial charge in [0, 0.05) is 26.2 Å². The second-order valence-electron chi connectivity index (χ2n) is 8.14.